The van der Waals surface area contributed by atoms with Crippen molar-refractivity contribution < 1.29 is 22.7 Å². The van der Waals surface area contributed by atoms with Gasteiger partial charge in [0.25, 0.3) is 0 Å². The highest BCUT2D eigenvalue weighted by molar-refractivity contribution is 5.79. The summed E-state index contributed by atoms with van der Waals surface area (Å²) in [5.74, 6) is -0.0273. The summed E-state index contributed by atoms with van der Waals surface area (Å²) in [6.45, 7) is 0.662. The Morgan fingerprint density at radius 1 is 1.42 bits per heavy atom. The van der Waals surface area contributed by atoms with Crippen LogP contribution in [0, 0.1) is 11.8 Å². The van der Waals surface area contributed by atoms with Gasteiger partial charge in [-0.15, -0.1) is 0 Å². The normalized spacial score (nSPS) is 28.2. The molecule has 0 spiro atoms. The number of hydrogen-bond donors (Lipinski definition) is 2. The van der Waals surface area contributed by atoms with Gasteiger partial charge in [-0.25, -0.2) is 0 Å². The van der Waals surface area contributed by atoms with Crippen LogP contribution in [0.15, 0.2) is 0 Å². The number of nitrogens with one attached hydrogen (secondary N) is 1. The highest BCUT2D eigenvalue weighted by Crippen LogP contribution is 2.29. The second kappa shape index (κ2) is 7.09. The van der Waals surface area contributed by atoms with Gasteiger partial charge in [0.05, 0.1) is 6.61 Å². The lowest BCUT2D eigenvalue weighted by atomic mass is 9.78. The molecule has 0 aromatic carbocycles. The van der Waals surface area contributed by atoms with Crippen molar-refractivity contribution >= 4 is 5.91 Å². The topological polar surface area (TPSA) is 64.4 Å². The van der Waals surface area contributed by atoms with Crippen LogP contribution in [-0.4, -0.2) is 37.9 Å². The molecule has 0 heterocycles. The van der Waals surface area contributed by atoms with Gasteiger partial charge in [0.2, 0.25) is 5.91 Å². The molecule has 7 heteroatoms. The zero-order chi connectivity index (χ0) is 14.5. The molecule has 112 valence electrons. The summed E-state index contributed by atoms with van der Waals surface area (Å²) in [4.78, 5) is 11.9. The summed E-state index contributed by atoms with van der Waals surface area (Å²) < 4.78 is 39.8. The monoisotopic (exact) mass is 282 g/mol. The van der Waals surface area contributed by atoms with E-state index in [4.69, 9.17) is 5.73 Å². The van der Waals surface area contributed by atoms with Crippen LogP contribution in [0.4, 0.5) is 13.2 Å². The number of carbonyl (C=O) groups is 1. The maximum atomic E-state index is 11.9. The highest BCUT2D eigenvalue weighted by Gasteiger charge is 2.31. The van der Waals surface area contributed by atoms with Gasteiger partial charge in [-0.1, -0.05) is 6.92 Å². The Morgan fingerprint density at radius 3 is 2.74 bits per heavy atom. The van der Waals surface area contributed by atoms with Gasteiger partial charge >= 0.3 is 6.18 Å². The minimum atomic E-state index is -4.32. The molecule has 0 radical (unpaired) electrons. The van der Waals surface area contributed by atoms with E-state index in [-0.39, 0.29) is 36.9 Å². The highest BCUT2D eigenvalue weighted by atomic mass is 19.4. The van der Waals surface area contributed by atoms with Crippen molar-refractivity contribution in [2.75, 3.05) is 19.8 Å². The van der Waals surface area contributed by atoms with Crippen LogP contribution in [-0.2, 0) is 9.53 Å². The minimum Gasteiger partial charge on any atom is -0.370 e. The van der Waals surface area contributed by atoms with Gasteiger partial charge in [-0.05, 0) is 25.2 Å². The molecule has 3 atom stereocenters. The molecule has 3 unspecified atom stereocenters. The number of alkyl halides is 3. The maximum Gasteiger partial charge on any atom is 0.411 e. The molecule has 1 aliphatic rings. The lowest BCUT2D eigenvalue weighted by Gasteiger charge is -2.31. The fourth-order valence-corrected chi connectivity index (χ4v) is 2.29. The molecule has 3 N–H and O–H groups in total. The molecule has 1 rings (SSSR count). The molecule has 0 aromatic heterocycles. The standard InChI is InChI=1S/C12H21F3N2O2/c1-8-2-3-9(16)6-10(8)11(18)17-4-5-19-7-12(13,14)15/h8-10H,2-7,16H2,1H3,(H,17,18). The van der Waals surface area contributed by atoms with E-state index < -0.39 is 12.8 Å². The van der Waals surface area contributed by atoms with Crippen LogP contribution in [0.3, 0.4) is 0 Å². The number of halogens is 3. The van der Waals surface area contributed by atoms with Gasteiger partial charge in [0.1, 0.15) is 6.61 Å². The first-order valence-corrected chi connectivity index (χ1v) is 6.47. The van der Waals surface area contributed by atoms with Crippen LogP contribution in [0.5, 0.6) is 0 Å². The average Bonchev–Trinajstić information content (AvgIpc) is 2.30. The maximum absolute atomic E-state index is 11.9. The summed E-state index contributed by atoms with van der Waals surface area (Å²) in [6, 6.07) is 0.0356. The van der Waals surface area contributed by atoms with E-state index in [9.17, 15) is 18.0 Å². The molecule has 1 saturated carbocycles. The van der Waals surface area contributed by atoms with Crippen molar-refractivity contribution in [1.82, 2.24) is 5.32 Å². The lowest BCUT2D eigenvalue weighted by molar-refractivity contribution is -0.173. The second-order valence-corrected chi connectivity index (χ2v) is 5.12. The third kappa shape index (κ3) is 6.24. The van der Waals surface area contributed by atoms with E-state index in [0.29, 0.717) is 6.42 Å². The smallest absolute Gasteiger partial charge is 0.370 e. The molecule has 1 amide bonds. The molecule has 0 bridgehead atoms. The largest absolute Gasteiger partial charge is 0.411 e. The fourth-order valence-electron chi connectivity index (χ4n) is 2.29. The number of amides is 1. The Balaban J connectivity index is 2.20. The summed E-state index contributed by atoms with van der Waals surface area (Å²) in [5.41, 5.74) is 5.82. The molecular formula is C12H21F3N2O2. The quantitative estimate of drug-likeness (QED) is 0.750. The number of rotatable bonds is 5. The zero-order valence-corrected chi connectivity index (χ0v) is 11.0. The molecule has 0 aromatic rings. The number of ether oxygens (including phenoxy) is 1. The molecule has 1 aliphatic carbocycles. The van der Waals surface area contributed by atoms with Crippen molar-refractivity contribution in [3.05, 3.63) is 0 Å². The zero-order valence-electron chi connectivity index (χ0n) is 11.0. The Hall–Kier alpha value is -0.820. The van der Waals surface area contributed by atoms with Crippen LogP contribution in [0.25, 0.3) is 0 Å². The van der Waals surface area contributed by atoms with Crippen molar-refractivity contribution in [2.24, 2.45) is 17.6 Å². The summed E-state index contributed by atoms with van der Waals surface area (Å²) in [7, 11) is 0. The van der Waals surface area contributed by atoms with Crippen LogP contribution < -0.4 is 11.1 Å². The predicted molar refractivity (Wildman–Crippen MR) is 64.4 cm³/mol. The first-order chi connectivity index (χ1) is 8.79. The van der Waals surface area contributed by atoms with Gasteiger partial charge in [-0.2, -0.15) is 13.2 Å². The molecular weight excluding hydrogens is 261 g/mol. The SMILES string of the molecule is CC1CCC(N)CC1C(=O)NCCOCC(F)(F)F. The van der Waals surface area contributed by atoms with E-state index in [2.05, 4.69) is 10.1 Å². The lowest BCUT2D eigenvalue weighted by Crippen LogP contribution is -2.42. The third-order valence-corrected chi connectivity index (χ3v) is 3.38. The first kappa shape index (κ1) is 16.2. The molecule has 1 fully saturated rings. The molecule has 0 aliphatic heterocycles. The summed E-state index contributed by atoms with van der Waals surface area (Å²) in [6.07, 6.45) is -1.87. The van der Waals surface area contributed by atoms with Crippen molar-refractivity contribution in [3.63, 3.8) is 0 Å². The number of carbonyl (C=O) groups excluding carboxylic acids is 1. The van der Waals surface area contributed by atoms with Crippen LogP contribution in [0.2, 0.25) is 0 Å². The van der Waals surface area contributed by atoms with E-state index in [0.717, 1.165) is 12.8 Å². The summed E-state index contributed by atoms with van der Waals surface area (Å²) >= 11 is 0. The molecule has 4 nitrogen and oxygen atoms in total. The van der Waals surface area contributed by atoms with E-state index in [1.807, 2.05) is 6.92 Å². The van der Waals surface area contributed by atoms with Gasteiger partial charge in [0.15, 0.2) is 0 Å². The minimum absolute atomic E-state index is 0.0356. The van der Waals surface area contributed by atoms with Crippen LogP contribution >= 0.6 is 0 Å². The number of hydrogen-bond acceptors (Lipinski definition) is 3. The Kier molecular flexibility index (Phi) is 6.06. The Labute approximate surface area is 110 Å². The van der Waals surface area contributed by atoms with Crippen LogP contribution in [0.1, 0.15) is 26.2 Å². The fraction of sp³-hybridized carbons (Fsp3) is 0.917. The van der Waals surface area contributed by atoms with Crippen molar-refractivity contribution in [3.8, 4) is 0 Å². The van der Waals surface area contributed by atoms with Gasteiger partial charge in [0, 0.05) is 18.5 Å². The van der Waals surface area contributed by atoms with Gasteiger partial charge in [-0.3, -0.25) is 4.79 Å². The van der Waals surface area contributed by atoms with E-state index >= 15 is 0 Å². The molecule has 19 heavy (non-hydrogen) atoms. The average molecular weight is 282 g/mol. The Bertz CT molecular complexity index is 297. The predicted octanol–water partition coefficient (Wildman–Crippen LogP) is 1.45. The number of nitrogens with two attached hydrogens (primary N) is 1. The first-order valence-electron chi connectivity index (χ1n) is 6.47. The van der Waals surface area contributed by atoms with E-state index in [1.54, 1.807) is 0 Å². The van der Waals surface area contributed by atoms with Gasteiger partial charge < -0.3 is 15.8 Å². The van der Waals surface area contributed by atoms with Crippen molar-refractivity contribution in [1.29, 1.82) is 0 Å². The third-order valence-electron chi connectivity index (χ3n) is 3.38. The van der Waals surface area contributed by atoms with Crippen molar-refractivity contribution in [2.45, 2.75) is 38.4 Å². The second-order valence-electron chi connectivity index (χ2n) is 5.12. The van der Waals surface area contributed by atoms with E-state index in [1.165, 1.54) is 0 Å². The summed E-state index contributed by atoms with van der Waals surface area (Å²) in [5, 5.41) is 2.60. The Morgan fingerprint density at radius 2 is 2.11 bits per heavy atom. The molecule has 0 saturated heterocycles.